The second-order valence-corrected chi connectivity index (χ2v) is 8.83. The van der Waals surface area contributed by atoms with E-state index in [0.717, 1.165) is 60.3 Å². The van der Waals surface area contributed by atoms with Crippen molar-refractivity contribution in [2.45, 2.75) is 59.0 Å². The summed E-state index contributed by atoms with van der Waals surface area (Å²) in [6.45, 7) is 11.9. The van der Waals surface area contributed by atoms with Gasteiger partial charge in [0.1, 0.15) is 19.0 Å². The summed E-state index contributed by atoms with van der Waals surface area (Å²) in [6, 6.07) is 6.33. The van der Waals surface area contributed by atoms with Crippen molar-refractivity contribution < 1.29 is 14.3 Å². The first-order valence-electron chi connectivity index (χ1n) is 11.1. The summed E-state index contributed by atoms with van der Waals surface area (Å²) in [5.74, 6) is 2.90. The summed E-state index contributed by atoms with van der Waals surface area (Å²) in [7, 11) is 0. The quantitative estimate of drug-likeness (QED) is 0.768. The number of nitrogens with zero attached hydrogens (tertiary/aromatic N) is 3. The average Bonchev–Trinajstić information content (AvgIpc) is 3.18. The Kier molecular flexibility index (Phi) is 6.41. The highest BCUT2D eigenvalue weighted by Gasteiger charge is 2.27. The molecule has 0 spiro atoms. The van der Waals surface area contributed by atoms with Crippen molar-refractivity contribution in [3.05, 3.63) is 46.5 Å². The van der Waals surface area contributed by atoms with Crippen molar-refractivity contribution in [1.82, 2.24) is 20.2 Å². The Hall–Kier alpha value is -2.67. The van der Waals surface area contributed by atoms with Crippen LogP contribution in [0.25, 0.3) is 0 Å². The van der Waals surface area contributed by atoms with Gasteiger partial charge in [-0.3, -0.25) is 9.69 Å². The van der Waals surface area contributed by atoms with Gasteiger partial charge in [0.15, 0.2) is 11.5 Å². The van der Waals surface area contributed by atoms with Crippen LogP contribution in [0, 0.1) is 13.8 Å². The number of amides is 1. The summed E-state index contributed by atoms with van der Waals surface area (Å²) in [5, 5.41) is 2.95. The zero-order valence-corrected chi connectivity index (χ0v) is 18.9. The molecule has 0 saturated carbocycles. The van der Waals surface area contributed by atoms with Gasteiger partial charge in [-0.1, -0.05) is 6.07 Å². The van der Waals surface area contributed by atoms with Gasteiger partial charge in [0.05, 0.1) is 6.42 Å². The number of rotatable bonds is 6. The highest BCUT2D eigenvalue weighted by atomic mass is 16.6. The van der Waals surface area contributed by atoms with Crippen LogP contribution in [0.3, 0.4) is 0 Å². The van der Waals surface area contributed by atoms with Gasteiger partial charge in [0, 0.05) is 42.0 Å². The van der Waals surface area contributed by atoms with Crippen LogP contribution >= 0.6 is 0 Å². The molecule has 1 amide bonds. The lowest BCUT2D eigenvalue weighted by Crippen LogP contribution is -2.32. The van der Waals surface area contributed by atoms with E-state index in [1.165, 1.54) is 5.56 Å². The maximum atomic E-state index is 12.2. The zero-order chi connectivity index (χ0) is 22.0. The number of benzene rings is 1. The number of fused-ring (bicyclic) bond motifs is 1. The Balaban J connectivity index is 1.40. The van der Waals surface area contributed by atoms with Crippen molar-refractivity contribution in [3.63, 3.8) is 0 Å². The summed E-state index contributed by atoms with van der Waals surface area (Å²) in [4.78, 5) is 24.2. The Morgan fingerprint density at radius 3 is 2.58 bits per heavy atom. The fourth-order valence-electron chi connectivity index (χ4n) is 4.37. The van der Waals surface area contributed by atoms with Gasteiger partial charge in [-0.25, -0.2) is 9.97 Å². The molecule has 2 aliphatic rings. The Morgan fingerprint density at radius 1 is 1.16 bits per heavy atom. The maximum absolute atomic E-state index is 12.2. The standard InChI is InChI=1S/C24H32N4O3/c1-15(2)25-23(29)12-20-16(3)26-24(27-17(20)4)19-7-8-28(14-19)13-18-5-6-21-22(11-18)31-10-9-30-21/h5-6,11,15,19H,7-10,12-14H2,1-4H3,(H,25,29)/t19-/m1/s1. The lowest BCUT2D eigenvalue weighted by atomic mass is 10.0. The molecular weight excluding hydrogens is 392 g/mol. The van der Waals surface area contributed by atoms with Crippen molar-refractivity contribution in [1.29, 1.82) is 0 Å². The third kappa shape index (κ3) is 5.15. The molecule has 0 unspecified atom stereocenters. The first-order chi connectivity index (χ1) is 14.9. The van der Waals surface area contributed by atoms with Crippen LogP contribution in [0.2, 0.25) is 0 Å². The van der Waals surface area contributed by atoms with Crippen LogP contribution in [-0.4, -0.2) is 53.1 Å². The van der Waals surface area contributed by atoms with Crippen molar-refractivity contribution in [2.75, 3.05) is 26.3 Å². The van der Waals surface area contributed by atoms with Gasteiger partial charge in [0.25, 0.3) is 0 Å². The largest absolute Gasteiger partial charge is 0.486 e. The molecule has 31 heavy (non-hydrogen) atoms. The predicted molar refractivity (Wildman–Crippen MR) is 119 cm³/mol. The summed E-state index contributed by atoms with van der Waals surface area (Å²) < 4.78 is 11.3. The monoisotopic (exact) mass is 424 g/mol. The van der Waals surface area contributed by atoms with E-state index in [0.29, 0.717) is 25.6 Å². The van der Waals surface area contributed by atoms with E-state index in [-0.39, 0.29) is 11.9 Å². The molecule has 2 aliphatic heterocycles. The van der Waals surface area contributed by atoms with Crippen molar-refractivity contribution in [2.24, 2.45) is 0 Å². The van der Waals surface area contributed by atoms with Crippen LogP contribution in [0.5, 0.6) is 11.5 Å². The maximum Gasteiger partial charge on any atom is 0.224 e. The van der Waals surface area contributed by atoms with Crippen LogP contribution in [0.4, 0.5) is 0 Å². The second-order valence-electron chi connectivity index (χ2n) is 8.83. The van der Waals surface area contributed by atoms with Crippen LogP contribution < -0.4 is 14.8 Å². The number of nitrogens with one attached hydrogen (secondary N) is 1. The van der Waals surface area contributed by atoms with Crippen LogP contribution in [0.15, 0.2) is 18.2 Å². The number of aromatic nitrogens is 2. The summed E-state index contributed by atoms with van der Waals surface area (Å²) in [6.07, 6.45) is 1.37. The lowest BCUT2D eigenvalue weighted by molar-refractivity contribution is -0.120. The molecule has 0 bridgehead atoms. The summed E-state index contributed by atoms with van der Waals surface area (Å²) in [5.41, 5.74) is 3.98. The fourth-order valence-corrected chi connectivity index (χ4v) is 4.37. The van der Waals surface area contributed by atoms with Gasteiger partial charge in [-0.2, -0.15) is 0 Å². The summed E-state index contributed by atoms with van der Waals surface area (Å²) >= 11 is 0. The SMILES string of the molecule is Cc1nc([C@@H]2CCN(Cc3ccc4c(c3)OCCO4)C2)nc(C)c1CC(=O)NC(C)C. The van der Waals surface area contributed by atoms with Gasteiger partial charge in [-0.15, -0.1) is 0 Å². The number of hydrogen-bond acceptors (Lipinski definition) is 6. The molecule has 1 aromatic carbocycles. The van der Waals surface area contributed by atoms with E-state index < -0.39 is 0 Å². The molecule has 7 heteroatoms. The molecule has 2 aromatic rings. The minimum absolute atomic E-state index is 0.0176. The lowest BCUT2D eigenvalue weighted by Gasteiger charge is -2.21. The number of likely N-dealkylation sites (tertiary alicyclic amines) is 1. The van der Waals surface area contributed by atoms with E-state index in [9.17, 15) is 4.79 Å². The molecule has 0 radical (unpaired) electrons. The smallest absolute Gasteiger partial charge is 0.224 e. The third-order valence-electron chi connectivity index (χ3n) is 5.88. The normalized spacial score (nSPS) is 18.4. The Morgan fingerprint density at radius 2 is 1.87 bits per heavy atom. The average molecular weight is 425 g/mol. The zero-order valence-electron chi connectivity index (χ0n) is 18.9. The first-order valence-corrected chi connectivity index (χ1v) is 11.1. The number of aryl methyl sites for hydroxylation is 2. The fraction of sp³-hybridized carbons (Fsp3) is 0.542. The first kappa shape index (κ1) is 21.6. The number of carbonyl (C=O) groups excluding carboxylic acids is 1. The molecule has 7 nitrogen and oxygen atoms in total. The molecule has 1 fully saturated rings. The van der Waals surface area contributed by atoms with E-state index in [4.69, 9.17) is 19.4 Å². The van der Waals surface area contributed by atoms with Crippen LogP contribution in [-0.2, 0) is 17.8 Å². The van der Waals surface area contributed by atoms with Crippen LogP contribution in [0.1, 0.15) is 54.5 Å². The molecule has 1 aromatic heterocycles. The topological polar surface area (TPSA) is 76.6 Å². The molecule has 3 heterocycles. The molecule has 4 rings (SSSR count). The minimum Gasteiger partial charge on any atom is -0.486 e. The molecule has 1 saturated heterocycles. The van der Waals surface area contributed by atoms with Crippen molar-refractivity contribution in [3.8, 4) is 11.5 Å². The van der Waals surface area contributed by atoms with E-state index in [1.54, 1.807) is 0 Å². The highest BCUT2D eigenvalue weighted by Crippen LogP contribution is 2.32. The number of carbonyl (C=O) groups is 1. The molecular formula is C24H32N4O3. The number of ether oxygens (including phenoxy) is 2. The van der Waals surface area contributed by atoms with Gasteiger partial charge in [0.2, 0.25) is 5.91 Å². The molecule has 1 atom stereocenters. The second kappa shape index (κ2) is 9.22. The molecule has 0 aliphatic carbocycles. The van der Waals surface area contributed by atoms with E-state index >= 15 is 0 Å². The van der Waals surface area contributed by atoms with E-state index in [2.05, 4.69) is 22.3 Å². The minimum atomic E-state index is 0.0176. The molecule has 166 valence electrons. The van der Waals surface area contributed by atoms with Gasteiger partial charge < -0.3 is 14.8 Å². The highest BCUT2D eigenvalue weighted by molar-refractivity contribution is 5.79. The van der Waals surface area contributed by atoms with Gasteiger partial charge >= 0.3 is 0 Å². The molecule has 1 N–H and O–H groups in total. The van der Waals surface area contributed by atoms with Crippen molar-refractivity contribution >= 4 is 5.91 Å². The van der Waals surface area contributed by atoms with E-state index in [1.807, 2.05) is 33.8 Å². The Labute approximate surface area is 184 Å². The Bertz CT molecular complexity index is 937. The number of hydrogen-bond donors (Lipinski definition) is 1. The van der Waals surface area contributed by atoms with Gasteiger partial charge in [-0.05, 0) is 58.4 Å². The predicted octanol–water partition coefficient (Wildman–Crippen LogP) is 2.92. The third-order valence-corrected chi connectivity index (χ3v) is 5.88.